The molecule has 1 aromatic carbocycles. The second-order valence-electron chi connectivity index (χ2n) is 8.81. The van der Waals surface area contributed by atoms with Gasteiger partial charge in [-0.25, -0.2) is 0 Å². The quantitative estimate of drug-likeness (QED) is 0.577. The van der Waals surface area contributed by atoms with E-state index in [2.05, 4.69) is 39.1 Å². The van der Waals surface area contributed by atoms with E-state index in [0.717, 1.165) is 43.4 Å². The number of anilines is 1. The van der Waals surface area contributed by atoms with Gasteiger partial charge < -0.3 is 10.1 Å². The summed E-state index contributed by atoms with van der Waals surface area (Å²) in [6, 6.07) is 9.51. The predicted octanol–water partition coefficient (Wildman–Crippen LogP) is 6.20. The zero-order chi connectivity index (χ0) is 21.0. The van der Waals surface area contributed by atoms with Crippen LogP contribution in [0.5, 0.6) is 5.75 Å². The molecule has 1 aromatic heterocycles. The zero-order valence-corrected chi connectivity index (χ0v) is 18.6. The molecular formula is C24H30N2O2S. The number of amides is 1. The van der Waals surface area contributed by atoms with Crippen molar-refractivity contribution in [1.82, 2.24) is 0 Å². The Balaban J connectivity index is 1.73. The SMILES string of the molecule is CCCCOc1ccc(C(=O)Nc2sc3c(c2C#N)CC[C@H](C(C)(C)C)C3)cc1. The number of nitrogens with one attached hydrogen (secondary N) is 1. The van der Waals surface area contributed by atoms with Crippen LogP contribution in [0.2, 0.25) is 0 Å². The van der Waals surface area contributed by atoms with E-state index in [-0.39, 0.29) is 11.3 Å². The van der Waals surface area contributed by atoms with Crippen LogP contribution in [0.4, 0.5) is 5.00 Å². The standard InChI is InChI=1S/C24H30N2O2S/c1-5-6-13-28-18-10-7-16(8-11-18)22(27)26-23-20(15-25)19-12-9-17(24(2,3)4)14-21(19)29-23/h7-8,10-11,17H,5-6,9,12-14H2,1-4H3,(H,26,27)/t17-/m0/s1. The van der Waals surface area contributed by atoms with Crippen molar-refractivity contribution in [2.75, 3.05) is 11.9 Å². The van der Waals surface area contributed by atoms with Crippen molar-refractivity contribution in [3.8, 4) is 11.8 Å². The average molecular weight is 411 g/mol. The van der Waals surface area contributed by atoms with E-state index in [1.54, 1.807) is 23.5 Å². The van der Waals surface area contributed by atoms with E-state index in [4.69, 9.17) is 4.74 Å². The molecule has 1 amide bonds. The van der Waals surface area contributed by atoms with Crippen molar-refractivity contribution in [2.45, 2.75) is 59.8 Å². The Morgan fingerprint density at radius 2 is 2.03 bits per heavy atom. The number of hydrogen-bond acceptors (Lipinski definition) is 4. The lowest BCUT2D eigenvalue weighted by Gasteiger charge is -2.33. The van der Waals surface area contributed by atoms with Crippen molar-refractivity contribution in [2.24, 2.45) is 11.3 Å². The third-order valence-electron chi connectivity index (χ3n) is 5.71. The molecular weight excluding hydrogens is 380 g/mol. The number of rotatable bonds is 6. The van der Waals surface area contributed by atoms with Gasteiger partial charge in [0.1, 0.15) is 16.8 Å². The lowest BCUT2D eigenvalue weighted by molar-refractivity contribution is 0.102. The highest BCUT2D eigenvalue weighted by Gasteiger charge is 2.32. The lowest BCUT2D eigenvalue weighted by Crippen LogP contribution is -2.26. The minimum absolute atomic E-state index is 0.187. The van der Waals surface area contributed by atoms with Gasteiger partial charge in [-0.1, -0.05) is 34.1 Å². The predicted molar refractivity (Wildman–Crippen MR) is 119 cm³/mol. The largest absolute Gasteiger partial charge is 0.494 e. The Morgan fingerprint density at radius 3 is 2.66 bits per heavy atom. The Bertz CT molecular complexity index is 901. The molecule has 0 aliphatic heterocycles. The summed E-state index contributed by atoms with van der Waals surface area (Å²) in [4.78, 5) is 14.0. The molecule has 0 saturated heterocycles. The minimum Gasteiger partial charge on any atom is -0.494 e. The smallest absolute Gasteiger partial charge is 0.256 e. The number of nitriles is 1. The first-order chi connectivity index (χ1) is 13.8. The summed E-state index contributed by atoms with van der Waals surface area (Å²) in [7, 11) is 0. The monoisotopic (exact) mass is 410 g/mol. The molecule has 4 nitrogen and oxygen atoms in total. The maximum absolute atomic E-state index is 12.7. The number of unbranched alkanes of at least 4 members (excludes halogenated alkanes) is 1. The fraction of sp³-hybridized carbons (Fsp3) is 0.500. The number of fused-ring (bicyclic) bond motifs is 1. The van der Waals surface area contributed by atoms with Crippen LogP contribution in [0.3, 0.4) is 0 Å². The van der Waals surface area contributed by atoms with Crippen LogP contribution in [-0.2, 0) is 12.8 Å². The first-order valence-electron chi connectivity index (χ1n) is 10.4. The molecule has 1 atom stereocenters. The van der Waals surface area contributed by atoms with Crippen molar-refractivity contribution >= 4 is 22.2 Å². The maximum Gasteiger partial charge on any atom is 0.256 e. The highest BCUT2D eigenvalue weighted by Crippen LogP contribution is 2.44. The number of carbonyl (C=O) groups is 1. The Hall–Kier alpha value is -2.32. The Labute approximate surface area is 177 Å². The van der Waals surface area contributed by atoms with Gasteiger partial charge in [0.25, 0.3) is 5.91 Å². The molecule has 5 heteroatoms. The van der Waals surface area contributed by atoms with Gasteiger partial charge in [-0.05, 0) is 66.8 Å². The molecule has 1 aliphatic rings. The van der Waals surface area contributed by atoms with Crippen molar-refractivity contribution in [3.63, 3.8) is 0 Å². The number of thiophene rings is 1. The summed E-state index contributed by atoms with van der Waals surface area (Å²) in [5.74, 6) is 1.18. The molecule has 0 fully saturated rings. The van der Waals surface area contributed by atoms with Crippen LogP contribution < -0.4 is 10.1 Å². The summed E-state index contributed by atoms with van der Waals surface area (Å²) in [5, 5.41) is 13.4. The molecule has 0 radical (unpaired) electrons. The van der Waals surface area contributed by atoms with Crippen LogP contribution in [0.1, 0.15) is 73.3 Å². The molecule has 0 unspecified atom stereocenters. The van der Waals surface area contributed by atoms with Gasteiger partial charge in [0.05, 0.1) is 12.2 Å². The van der Waals surface area contributed by atoms with Gasteiger partial charge in [0, 0.05) is 10.4 Å². The van der Waals surface area contributed by atoms with E-state index in [1.165, 1.54) is 4.88 Å². The number of hydrogen-bond donors (Lipinski definition) is 1. The van der Waals surface area contributed by atoms with Gasteiger partial charge >= 0.3 is 0 Å². The molecule has 0 bridgehead atoms. The minimum atomic E-state index is -0.187. The fourth-order valence-electron chi connectivity index (χ4n) is 3.74. The van der Waals surface area contributed by atoms with Crippen LogP contribution in [-0.4, -0.2) is 12.5 Å². The van der Waals surface area contributed by atoms with Crippen molar-refractivity contribution in [3.05, 3.63) is 45.8 Å². The normalized spacial score (nSPS) is 16.0. The fourth-order valence-corrected chi connectivity index (χ4v) is 5.02. The van der Waals surface area contributed by atoms with E-state index < -0.39 is 0 Å². The van der Waals surface area contributed by atoms with Crippen LogP contribution in [0.25, 0.3) is 0 Å². The van der Waals surface area contributed by atoms with E-state index in [9.17, 15) is 10.1 Å². The number of ether oxygens (including phenoxy) is 1. The third kappa shape index (κ3) is 5.00. The molecule has 1 aliphatic carbocycles. The first kappa shape index (κ1) is 21.4. The lowest BCUT2D eigenvalue weighted by atomic mass is 9.72. The van der Waals surface area contributed by atoms with Crippen molar-refractivity contribution in [1.29, 1.82) is 5.26 Å². The second-order valence-corrected chi connectivity index (χ2v) is 9.91. The van der Waals surface area contributed by atoms with Crippen LogP contribution >= 0.6 is 11.3 Å². The molecule has 154 valence electrons. The third-order valence-corrected chi connectivity index (χ3v) is 6.88. The highest BCUT2D eigenvalue weighted by molar-refractivity contribution is 7.16. The van der Waals surface area contributed by atoms with Crippen LogP contribution in [0.15, 0.2) is 24.3 Å². The summed E-state index contributed by atoms with van der Waals surface area (Å²) >= 11 is 1.57. The van der Waals surface area contributed by atoms with Gasteiger partial charge in [-0.15, -0.1) is 11.3 Å². The van der Waals surface area contributed by atoms with Gasteiger partial charge in [0.2, 0.25) is 0 Å². The topological polar surface area (TPSA) is 62.1 Å². The van der Waals surface area contributed by atoms with Gasteiger partial charge in [0.15, 0.2) is 0 Å². The number of nitrogens with zero attached hydrogens (tertiary/aromatic N) is 1. The Morgan fingerprint density at radius 1 is 1.31 bits per heavy atom. The maximum atomic E-state index is 12.7. The molecule has 1 heterocycles. The van der Waals surface area contributed by atoms with Gasteiger partial charge in [-0.3, -0.25) is 4.79 Å². The van der Waals surface area contributed by atoms with Gasteiger partial charge in [-0.2, -0.15) is 5.26 Å². The molecule has 3 rings (SSSR count). The average Bonchev–Trinajstić information content (AvgIpc) is 3.04. The summed E-state index contributed by atoms with van der Waals surface area (Å²) in [5.41, 5.74) is 2.59. The molecule has 0 spiro atoms. The van der Waals surface area contributed by atoms with E-state index in [0.29, 0.717) is 28.7 Å². The summed E-state index contributed by atoms with van der Waals surface area (Å²) in [6.45, 7) is 9.64. The van der Waals surface area contributed by atoms with Crippen LogP contribution in [0, 0.1) is 22.7 Å². The number of benzene rings is 1. The summed E-state index contributed by atoms with van der Waals surface area (Å²) < 4.78 is 5.66. The first-order valence-corrected chi connectivity index (χ1v) is 11.2. The second kappa shape index (κ2) is 9.00. The van der Waals surface area contributed by atoms with Crippen molar-refractivity contribution < 1.29 is 9.53 Å². The Kier molecular flexibility index (Phi) is 6.64. The van der Waals surface area contributed by atoms with E-state index >= 15 is 0 Å². The highest BCUT2D eigenvalue weighted by atomic mass is 32.1. The number of carbonyl (C=O) groups excluding carboxylic acids is 1. The summed E-state index contributed by atoms with van der Waals surface area (Å²) in [6.07, 6.45) is 5.09. The molecule has 2 aromatic rings. The molecule has 0 saturated carbocycles. The zero-order valence-electron chi connectivity index (χ0n) is 17.8. The molecule has 29 heavy (non-hydrogen) atoms. The molecule has 1 N–H and O–H groups in total. The van der Waals surface area contributed by atoms with E-state index in [1.807, 2.05) is 12.1 Å².